The second-order valence-corrected chi connectivity index (χ2v) is 5.37. The summed E-state index contributed by atoms with van der Waals surface area (Å²) >= 11 is 0. The number of benzene rings is 1. The summed E-state index contributed by atoms with van der Waals surface area (Å²) in [5.41, 5.74) is 7.25. The van der Waals surface area contributed by atoms with E-state index >= 15 is 0 Å². The van der Waals surface area contributed by atoms with E-state index in [0.29, 0.717) is 26.2 Å². The molecule has 0 bridgehead atoms. The quantitative estimate of drug-likeness (QED) is 0.872. The fourth-order valence-electron chi connectivity index (χ4n) is 2.39. The second-order valence-electron chi connectivity index (χ2n) is 5.37. The minimum Gasteiger partial charge on any atom is -0.351 e. The number of nitrogens with two attached hydrogens (primary N) is 1. The lowest BCUT2D eigenvalue weighted by Crippen LogP contribution is -2.40. The number of hydrogen-bond acceptors (Lipinski definition) is 3. The van der Waals surface area contributed by atoms with Gasteiger partial charge in [0, 0.05) is 31.9 Å². The normalized spacial score (nSPS) is 16.3. The van der Waals surface area contributed by atoms with Gasteiger partial charge in [0.2, 0.25) is 5.91 Å². The summed E-state index contributed by atoms with van der Waals surface area (Å²) in [5.74, 6) is -0.0358. The molecule has 1 saturated heterocycles. The van der Waals surface area contributed by atoms with Gasteiger partial charge in [0.25, 0.3) is 0 Å². The number of carbonyl (C=O) groups is 2. The van der Waals surface area contributed by atoms with Crippen LogP contribution in [0.4, 0.5) is 10.5 Å². The average Bonchev–Trinajstić information content (AvgIpc) is 2.67. The average molecular weight is 290 g/mol. The second kappa shape index (κ2) is 7.08. The number of anilines is 1. The van der Waals surface area contributed by atoms with E-state index in [0.717, 1.165) is 24.2 Å². The van der Waals surface area contributed by atoms with Crippen LogP contribution in [0.2, 0.25) is 0 Å². The van der Waals surface area contributed by atoms with Gasteiger partial charge >= 0.3 is 6.03 Å². The van der Waals surface area contributed by atoms with Gasteiger partial charge in [0.1, 0.15) is 0 Å². The van der Waals surface area contributed by atoms with Crippen molar-refractivity contribution in [1.29, 1.82) is 0 Å². The first-order chi connectivity index (χ1) is 10.0. The molecule has 0 atom stereocenters. The van der Waals surface area contributed by atoms with Gasteiger partial charge in [-0.2, -0.15) is 0 Å². The van der Waals surface area contributed by atoms with Gasteiger partial charge in [0.05, 0.1) is 6.54 Å². The van der Waals surface area contributed by atoms with E-state index < -0.39 is 0 Å². The molecule has 1 aromatic rings. The molecular weight excluding hydrogens is 268 g/mol. The lowest BCUT2D eigenvalue weighted by Gasteiger charge is -2.20. The Kier molecular flexibility index (Phi) is 5.16. The number of aryl methyl sites for hydroxylation is 1. The van der Waals surface area contributed by atoms with Crippen LogP contribution in [0.3, 0.4) is 0 Å². The number of urea groups is 1. The smallest absolute Gasteiger partial charge is 0.314 e. The van der Waals surface area contributed by atoms with Gasteiger partial charge in [0.15, 0.2) is 0 Å². The van der Waals surface area contributed by atoms with Crippen LogP contribution in [0.15, 0.2) is 24.3 Å². The molecule has 114 valence electrons. The third-order valence-corrected chi connectivity index (χ3v) is 3.60. The van der Waals surface area contributed by atoms with Crippen molar-refractivity contribution in [3.05, 3.63) is 29.8 Å². The summed E-state index contributed by atoms with van der Waals surface area (Å²) in [6, 6.07) is 7.33. The maximum atomic E-state index is 12.0. The Hall–Kier alpha value is -2.08. The van der Waals surface area contributed by atoms with Crippen molar-refractivity contribution in [2.24, 2.45) is 5.73 Å². The Balaban J connectivity index is 1.82. The molecule has 0 radical (unpaired) electrons. The molecule has 1 fully saturated rings. The van der Waals surface area contributed by atoms with Crippen LogP contribution in [0, 0.1) is 6.92 Å². The van der Waals surface area contributed by atoms with Gasteiger partial charge in [-0.3, -0.25) is 9.69 Å². The molecule has 21 heavy (non-hydrogen) atoms. The summed E-state index contributed by atoms with van der Waals surface area (Å²) in [7, 11) is 0. The van der Waals surface area contributed by atoms with Crippen LogP contribution in [-0.2, 0) is 4.79 Å². The molecule has 3 amide bonds. The molecule has 1 aromatic carbocycles. The fraction of sp³-hybridized carbons (Fsp3) is 0.467. The first-order valence-electron chi connectivity index (χ1n) is 7.18. The minimum absolute atomic E-state index is 0.0358. The largest absolute Gasteiger partial charge is 0.351 e. The highest BCUT2D eigenvalue weighted by Crippen LogP contribution is 2.09. The van der Waals surface area contributed by atoms with Gasteiger partial charge in [-0.1, -0.05) is 17.7 Å². The third-order valence-electron chi connectivity index (χ3n) is 3.60. The van der Waals surface area contributed by atoms with E-state index in [4.69, 9.17) is 5.73 Å². The summed E-state index contributed by atoms with van der Waals surface area (Å²) < 4.78 is 0. The van der Waals surface area contributed by atoms with Crippen LogP contribution in [0.5, 0.6) is 0 Å². The topological polar surface area (TPSA) is 78.7 Å². The molecule has 0 unspecified atom stereocenters. The first-order valence-corrected chi connectivity index (χ1v) is 7.18. The monoisotopic (exact) mass is 290 g/mol. The Morgan fingerprint density at radius 2 is 1.86 bits per heavy atom. The van der Waals surface area contributed by atoms with Crippen molar-refractivity contribution in [2.75, 3.05) is 38.0 Å². The van der Waals surface area contributed by atoms with E-state index in [1.807, 2.05) is 36.1 Å². The molecule has 0 spiro atoms. The standard InChI is InChI=1S/C15H22N4O2/c1-12-3-5-13(6-4-12)17-14(20)11-18-7-2-8-19(10-9-18)15(16)21/h3-6H,2,7-11H2,1H3,(H2,16,21)(H,17,20). The number of nitrogens with one attached hydrogen (secondary N) is 1. The molecular formula is C15H22N4O2. The van der Waals surface area contributed by atoms with Crippen molar-refractivity contribution >= 4 is 17.6 Å². The van der Waals surface area contributed by atoms with Crippen molar-refractivity contribution in [3.8, 4) is 0 Å². The SMILES string of the molecule is Cc1ccc(NC(=O)CN2CCCN(C(N)=O)CC2)cc1. The van der Waals surface area contributed by atoms with Crippen molar-refractivity contribution < 1.29 is 9.59 Å². The van der Waals surface area contributed by atoms with Gasteiger partial charge in [-0.15, -0.1) is 0 Å². The van der Waals surface area contributed by atoms with Crippen LogP contribution in [-0.4, -0.2) is 54.5 Å². The van der Waals surface area contributed by atoms with Crippen LogP contribution < -0.4 is 11.1 Å². The van der Waals surface area contributed by atoms with E-state index in [-0.39, 0.29) is 11.9 Å². The Morgan fingerprint density at radius 1 is 1.14 bits per heavy atom. The third kappa shape index (κ3) is 4.75. The number of amides is 3. The maximum absolute atomic E-state index is 12.0. The molecule has 6 nitrogen and oxygen atoms in total. The zero-order valence-electron chi connectivity index (χ0n) is 12.3. The van der Waals surface area contributed by atoms with Gasteiger partial charge in [-0.25, -0.2) is 4.79 Å². The van der Waals surface area contributed by atoms with Crippen molar-refractivity contribution in [1.82, 2.24) is 9.80 Å². The Bertz CT molecular complexity index is 501. The van der Waals surface area contributed by atoms with Gasteiger partial charge in [-0.05, 0) is 25.5 Å². The highest BCUT2D eigenvalue weighted by atomic mass is 16.2. The molecule has 0 aromatic heterocycles. The van der Waals surface area contributed by atoms with E-state index in [1.54, 1.807) is 4.90 Å². The summed E-state index contributed by atoms with van der Waals surface area (Å²) in [5, 5.41) is 2.88. The highest BCUT2D eigenvalue weighted by Gasteiger charge is 2.18. The zero-order valence-corrected chi connectivity index (χ0v) is 12.3. The predicted octanol–water partition coefficient (Wildman–Crippen LogP) is 1.02. The van der Waals surface area contributed by atoms with Crippen molar-refractivity contribution in [3.63, 3.8) is 0 Å². The van der Waals surface area contributed by atoms with Crippen LogP contribution >= 0.6 is 0 Å². The summed E-state index contributed by atoms with van der Waals surface area (Å²) in [6.07, 6.45) is 0.834. The number of primary amides is 1. The van der Waals surface area contributed by atoms with E-state index in [9.17, 15) is 9.59 Å². The highest BCUT2D eigenvalue weighted by molar-refractivity contribution is 5.92. The Labute approximate surface area is 124 Å². The lowest BCUT2D eigenvalue weighted by molar-refractivity contribution is -0.117. The molecule has 2 rings (SSSR count). The number of nitrogens with zero attached hydrogens (tertiary/aromatic N) is 2. The Morgan fingerprint density at radius 3 is 2.52 bits per heavy atom. The summed E-state index contributed by atoms with van der Waals surface area (Å²) in [4.78, 5) is 26.9. The lowest BCUT2D eigenvalue weighted by atomic mass is 10.2. The minimum atomic E-state index is -0.388. The fourth-order valence-corrected chi connectivity index (χ4v) is 2.39. The molecule has 1 aliphatic heterocycles. The van der Waals surface area contributed by atoms with E-state index in [2.05, 4.69) is 5.32 Å². The molecule has 0 aliphatic carbocycles. The summed E-state index contributed by atoms with van der Waals surface area (Å²) in [6.45, 7) is 5.04. The number of rotatable bonds is 3. The first kappa shape index (κ1) is 15.3. The molecule has 1 heterocycles. The molecule has 0 saturated carbocycles. The maximum Gasteiger partial charge on any atom is 0.314 e. The number of carbonyl (C=O) groups excluding carboxylic acids is 2. The molecule has 6 heteroatoms. The van der Waals surface area contributed by atoms with E-state index in [1.165, 1.54) is 0 Å². The van der Waals surface area contributed by atoms with Crippen LogP contribution in [0.1, 0.15) is 12.0 Å². The van der Waals surface area contributed by atoms with Crippen molar-refractivity contribution in [2.45, 2.75) is 13.3 Å². The predicted molar refractivity (Wildman–Crippen MR) is 82.0 cm³/mol. The molecule has 1 aliphatic rings. The molecule has 3 N–H and O–H groups in total. The van der Waals surface area contributed by atoms with Crippen LogP contribution in [0.25, 0.3) is 0 Å². The zero-order chi connectivity index (χ0) is 15.2. The van der Waals surface area contributed by atoms with Gasteiger partial charge < -0.3 is 16.0 Å². The number of hydrogen-bond donors (Lipinski definition) is 2.